The molecule has 0 unspecified atom stereocenters. The van der Waals surface area contributed by atoms with Crippen LogP contribution >= 0.6 is 17.0 Å². The van der Waals surface area contributed by atoms with Gasteiger partial charge in [-0.2, -0.15) is 0 Å². The van der Waals surface area contributed by atoms with Crippen molar-refractivity contribution in [2.24, 2.45) is 0 Å². The average molecular weight is 571 g/mol. The number of hydrogen-bond acceptors (Lipinski definition) is 1. The van der Waals surface area contributed by atoms with Gasteiger partial charge >= 0.3 is 0 Å². The fraction of sp³-hybridized carbons (Fsp3) is 0.387. The van der Waals surface area contributed by atoms with E-state index in [0.717, 1.165) is 22.2 Å². The number of hydrogen-bond donors (Lipinski definition) is 1. The van der Waals surface area contributed by atoms with E-state index < -0.39 is 0 Å². The highest BCUT2D eigenvalue weighted by Gasteiger charge is 2.20. The summed E-state index contributed by atoms with van der Waals surface area (Å²) < 4.78 is 33.4. The van der Waals surface area contributed by atoms with Crippen LogP contribution in [-0.4, -0.2) is 9.13 Å². The molecule has 37 heavy (non-hydrogen) atoms. The number of fused-ring (bicyclic) bond motifs is 1. The number of halogens is 3. The van der Waals surface area contributed by atoms with Crippen LogP contribution in [-0.2, 0) is 36.8 Å². The number of nitrogens with zero attached hydrogens (tertiary/aromatic N) is 2. The van der Waals surface area contributed by atoms with E-state index in [0.29, 0.717) is 42.7 Å². The summed E-state index contributed by atoms with van der Waals surface area (Å²) in [6, 6.07) is 19.0. The lowest BCUT2D eigenvalue weighted by atomic mass is 9.86. The van der Waals surface area contributed by atoms with Gasteiger partial charge in [-0.25, -0.2) is 8.78 Å². The van der Waals surface area contributed by atoms with Gasteiger partial charge in [0.2, 0.25) is 5.62 Å². The zero-order valence-electron chi connectivity index (χ0n) is 22.7. The Morgan fingerprint density at radius 3 is 1.35 bits per heavy atom. The molecule has 0 amide bonds. The van der Waals surface area contributed by atoms with E-state index in [1.165, 1.54) is 0 Å². The number of para-hydroxylation sites is 2. The third-order valence-electron chi connectivity index (χ3n) is 6.91. The fourth-order valence-electron chi connectivity index (χ4n) is 4.87. The molecule has 198 valence electrons. The predicted molar refractivity (Wildman–Crippen MR) is 154 cm³/mol. The van der Waals surface area contributed by atoms with Crippen molar-refractivity contribution in [1.82, 2.24) is 9.13 Å². The maximum absolute atomic E-state index is 14.7. The van der Waals surface area contributed by atoms with E-state index in [2.05, 4.69) is 0 Å². The van der Waals surface area contributed by atoms with Gasteiger partial charge in [-0.15, -0.1) is 17.0 Å². The first-order valence-corrected chi connectivity index (χ1v) is 12.7. The van der Waals surface area contributed by atoms with E-state index in [4.69, 9.17) is 5.41 Å². The Morgan fingerprint density at radius 1 is 0.649 bits per heavy atom. The Balaban J connectivity index is 0.00000380. The fourth-order valence-corrected chi connectivity index (χ4v) is 4.87. The lowest BCUT2D eigenvalue weighted by molar-refractivity contribution is 0.520. The van der Waals surface area contributed by atoms with Crippen LogP contribution in [0.15, 0.2) is 60.7 Å². The van der Waals surface area contributed by atoms with Crippen molar-refractivity contribution in [3.05, 3.63) is 100 Å². The number of benzene rings is 3. The van der Waals surface area contributed by atoms with Crippen molar-refractivity contribution in [1.29, 1.82) is 5.41 Å². The molecule has 0 saturated carbocycles. The first-order valence-electron chi connectivity index (χ1n) is 12.7. The van der Waals surface area contributed by atoms with Gasteiger partial charge in [-0.1, -0.05) is 77.9 Å². The van der Waals surface area contributed by atoms with Crippen molar-refractivity contribution in [2.75, 3.05) is 0 Å². The maximum atomic E-state index is 14.7. The Hall–Kier alpha value is -2.73. The number of aryl methyl sites for hydroxylation is 4. The summed E-state index contributed by atoms with van der Waals surface area (Å²) in [4.78, 5) is 0. The highest BCUT2D eigenvalue weighted by molar-refractivity contribution is 8.93. The minimum absolute atomic E-state index is 0. The minimum atomic E-state index is -0.241. The van der Waals surface area contributed by atoms with Crippen LogP contribution in [0.5, 0.6) is 0 Å². The molecule has 1 heterocycles. The molecular weight excluding hydrogens is 532 g/mol. The molecule has 0 aliphatic carbocycles. The second kappa shape index (κ2) is 10.9. The lowest BCUT2D eigenvalue weighted by Gasteiger charge is -2.20. The molecule has 3 nitrogen and oxygen atoms in total. The number of aromatic nitrogens is 2. The van der Waals surface area contributed by atoms with Gasteiger partial charge in [-0.3, -0.25) is 5.41 Å². The Bertz CT molecular complexity index is 1340. The molecule has 0 radical (unpaired) electrons. The molecule has 6 heteroatoms. The normalized spacial score (nSPS) is 12.1. The Labute approximate surface area is 229 Å². The maximum Gasteiger partial charge on any atom is 0.203 e. The molecule has 0 spiro atoms. The molecule has 4 aromatic rings. The van der Waals surface area contributed by atoms with Crippen LogP contribution in [0, 0.1) is 17.0 Å². The SMILES string of the molecule is Br.CC(C)(C)c1ccc(CCn2c(=N)n(CCc3ccc(C(C)(C)C)c(F)c3)c3ccccc32)cc1F. The summed E-state index contributed by atoms with van der Waals surface area (Å²) >= 11 is 0. The lowest BCUT2D eigenvalue weighted by Crippen LogP contribution is -2.26. The van der Waals surface area contributed by atoms with Gasteiger partial charge in [0.05, 0.1) is 11.0 Å². The quantitative estimate of drug-likeness (QED) is 0.245. The molecule has 0 atom stereocenters. The highest BCUT2D eigenvalue weighted by atomic mass is 79.9. The van der Waals surface area contributed by atoms with Crippen LogP contribution in [0.4, 0.5) is 8.78 Å². The summed E-state index contributed by atoms with van der Waals surface area (Å²) in [5.74, 6) is -0.355. The zero-order valence-corrected chi connectivity index (χ0v) is 24.4. The molecule has 1 N–H and O–H groups in total. The van der Waals surface area contributed by atoms with E-state index in [9.17, 15) is 8.78 Å². The van der Waals surface area contributed by atoms with Crippen molar-refractivity contribution in [3.8, 4) is 0 Å². The first kappa shape index (κ1) is 28.8. The third-order valence-corrected chi connectivity index (χ3v) is 6.91. The van der Waals surface area contributed by atoms with Gasteiger partial charge in [0.15, 0.2) is 0 Å². The van der Waals surface area contributed by atoms with Crippen molar-refractivity contribution < 1.29 is 8.78 Å². The smallest absolute Gasteiger partial charge is 0.203 e. The van der Waals surface area contributed by atoms with Crippen molar-refractivity contribution >= 4 is 28.0 Å². The molecule has 0 saturated heterocycles. The van der Waals surface area contributed by atoms with Crippen LogP contribution in [0.3, 0.4) is 0 Å². The van der Waals surface area contributed by atoms with E-state index in [1.54, 1.807) is 12.1 Å². The summed E-state index contributed by atoms with van der Waals surface area (Å²) in [6.07, 6.45) is 1.26. The van der Waals surface area contributed by atoms with Gasteiger partial charge in [0, 0.05) is 13.1 Å². The second-order valence-corrected chi connectivity index (χ2v) is 11.7. The average Bonchev–Trinajstić information content (AvgIpc) is 3.05. The molecule has 0 bridgehead atoms. The molecule has 1 aromatic heterocycles. The topological polar surface area (TPSA) is 33.7 Å². The predicted octanol–water partition coefficient (Wildman–Crippen LogP) is 7.86. The van der Waals surface area contributed by atoms with Gasteiger partial charge in [0.25, 0.3) is 0 Å². The summed E-state index contributed by atoms with van der Waals surface area (Å²) in [7, 11) is 0. The second-order valence-electron chi connectivity index (χ2n) is 11.7. The summed E-state index contributed by atoms with van der Waals surface area (Å²) in [5.41, 5.74) is 5.12. The molecule has 3 aromatic carbocycles. The highest BCUT2D eigenvalue weighted by Crippen LogP contribution is 2.27. The van der Waals surface area contributed by atoms with E-state index in [-0.39, 0.29) is 39.4 Å². The third kappa shape index (κ3) is 6.23. The van der Waals surface area contributed by atoms with Gasteiger partial charge in [-0.05, 0) is 70.2 Å². The summed E-state index contributed by atoms with van der Waals surface area (Å²) in [5, 5.41) is 8.90. The minimum Gasteiger partial charge on any atom is -0.310 e. The van der Waals surface area contributed by atoms with Crippen LogP contribution in [0.2, 0.25) is 0 Å². The number of rotatable bonds is 6. The van der Waals surface area contributed by atoms with Crippen LogP contribution < -0.4 is 5.62 Å². The van der Waals surface area contributed by atoms with Crippen LogP contribution in [0.25, 0.3) is 11.0 Å². The zero-order chi connectivity index (χ0) is 26.3. The molecule has 0 fully saturated rings. The standard InChI is InChI=1S/C31H37F2N3.BrH/c1-30(2,3)23-13-11-21(19-25(23)32)15-17-35-27-9-7-8-10-28(27)36(29(35)34)18-16-22-12-14-24(26(33)20-22)31(4,5)6;/h7-14,19-20,34H,15-18H2,1-6H3;1H. The van der Waals surface area contributed by atoms with Gasteiger partial charge < -0.3 is 9.13 Å². The summed E-state index contributed by atoms with van der Waals surface area (Å²) in [6.45, 7) is 13.2. The molecular formula is C31H38BrF2N3. The Morgan fingerprint density at radius 2 is 1.03 bits per heavy atom. The van der Waals surface area contributed by atoms with Crippen LogP contribution in [0.1, 0.15) is 63.8 Å². The number of nitrogens with one attached hydrogen (secondary N) is 1. The van der Waals surface area contributed by atoms with E-state index in [1.807, 2.05) is 99.2 Å². The molecule has 0 aliphatic heterocycles. The monoisotopic (exact) mass is 569 g/mol. The molecule has 0 aliphatic rings. The van der Waals surface area contributed by atoms with Gasteiger partial charge in [0.1, 0.15) is 11.6 Å². The largest absolute Gasteiger partial charge is 0.310 e. The molecule has 4 rings (SSSR count). The van der Waals surface area contributed by atoms with Crippen molar-refractivity contribution in [2.45, 2.75) is 78.3 Å². The first-order chi connectivity index (χ1) is 16.9. The van der Waals surface area contributed by atoms with E-state index >= 15 is 0 Å². The number of imidazole rings is 1. The van der Waals surface area contributed by atoms with Crippen molar-refractivity contribution in [3.63, 3.8) is 0 Å². The Kier molecular flexibility index (Phi) is 8.53.